The van der Waals surface area contributed by atoms with Crippen molar-refractivity contribution < 1.29 is 50.5 Å². The lowest BCUT2D eigenvalue weighted by Gasteiger charge is -2.35. The number of carboxylic acids is 1. The van der Waals surface area contributed by atoms with Gasteiger partial charge in [-0.2, -0.15) is 26.3 Å². The number of anilines is 1. The Bertz CT molecular complexity index is 1590. The van der Waals surface area contributed by atoms with Crippen LogP contribution in [0, 0.1) is 12.7 Å². The number of aliphatic hydroxyl groups is 1. The summed E-state index contributed by atoms with van der Waals surface area (Å²) in [4.78, 5) is 29.1. The van der Waals surface area contributed by atoms with E-state index >= 15 is 0 Å². The molecule has 1 aliphatic rings. The van der Waals surface area contributed by atoms with Crippen LogP contribution < -0.4 is 5.32 Å². The Morgan fingerprint density at radius 1 is 0.913 bits per heavy atom. The number of aliphatic carboxylic acids is 1. The summed E-state index contributed by atoms with van der Waals surface area (Å²) < 4.78 is 94.9. The van der Waals surface area contributed by atoms with E-state index in [1.54, 1.807) is 13.0 Å². The van der Waals surface area contributed by atoms with Gasteiger partial charge in [0, 0.05) is 17.2 Å². The number of nitrogens with zero attached hydrogens (tertiary/aromatic N) is 1. The van der Waals surface area contributed by atoms with Gasteiger partial charge in [0.15, 0.2) is 5.78 Å². The average Bonchev–Trinajstić information content (AvgIpc) is 2.94. The zero-order valence-corrected chi connectivity index (χ0v) is 25.2. The summed E-state index contributed by atoms with van der Waals surface area (Å²) in [5, 5.41) is 22.7. The van der Waals surface area contributed by atoms with Crippen molar-refractivity contribution >= 4 is 17.4 Å². The summed E-state index contributed by atoms with van der Waals surface area (Å²) >= 11 is 0. The van der Waals surface area contributed by atoms with E-state index in [4.69, 9.17) is 5.11 Å². The van der Waals surface area contributed by atoms with Gasteiger partial charge in [-0.1, -0.05) is 6.07 Å². The number of halogens is 7. The topological polar surface area (TPSA) is 99.5 Å². The summed E-state index contributed by atoms with van der Waals surface area (Å²) in [5.74, 6) is -2.41. The molecule has 4 rings (SSSR count). The number of hydrogen-bond acceptors (Lipinski definition) is 5. The van der Waals surface area contributed by atoms with Crippen molar-refractivity contribution in [2.45, 2.75) is 82.2 Å². The number of ketones is 1. The van der Waals surface area contributed by atoms with Crippen molar-refractivity contribution in [3.8, 4) is 11.1 Å². The molecule has 6 nitrogen and oxygen atoms in total. The summed E-state index contributed by atoms with van der Waals surface area (Å²) in [6, 6.07) is 6.93. The first-order valence-corrected chi connectivity index (χ1v) is 14.5. The van der Waals surface area contributed by atoms with Crippen molar-refractivity contribution in [2.75, 3.05) is 11.9 Å². The molecule has 0 saturated heterocycles. The fourth-order valence-corrected chi connectivity index (χ4v) is 5.77. The molecule has 1 aliphatic carbocycles. The second-order valence-corrected chi connectivity index (χ2v) is 12.4. The molecule has 1 saturated carbocycles. The Labute approximate surface area is 260 Å². The number of alkyl halides is 6. The standard InChI is InChI=1S/C33H33F7N2O4/c1-18-10-23(34)4-5-24(18)25-14-26(19-6-8-31(46,9-7-19)15-29(44)45)41-16-27(25)42-17-28(43)30(2,3)20-11-21(32(35,36)37)13-22(12-20)33(38,39)40/h4-5,10-14,16,19,42,46H,6-9,15,17H2,1-3H3,(H,44,45). The Kier molecular flexibility index (Phi) is 9.59. The van der Waals surface area contributed by atoms with E-state index in [2.05, 4.69) is 10.3 Å². The van der Waals surface area contributed by atoms with Crippen LogP contribution in [-0.2, 0) is 27.4 Å². The largest absolute Gasteiger partial charge is 0.481 e. The van der Waals surface area contributed by atoms with E-state index in [1.165, 1.54) is 38.2 Å². The fraction of sp³-hybridized carbons (Fsp3) is 0.424. The normalized spacial score (nSPS) is 19.2. The van der Waals surface area contributed by atoms with E-state index in [-0.39, 0.29) is 31.2 Å². The monoisotopic (exact) mass is 654 g/mol. The number of carbonyl (C=O) groups excluding carboxylic acids is 1. The number of hydrogen-bond donors (Lipinski definition) is 3. The number of pyridine rings is 1. The quantitative estimate of drug-likeness (QED) is 0.202. The van der Waals surface area contributed by atoms with E-state index in [0.29, 0.717) is 53.0 Å². The highest BCUT2D eigenvalue weighted by Crippen LogP contribution is 2.42. The minimum Gasteiger partial charge on any atom is -0.481 e. The van der Waals surface area contributed by atoms with Crippen LogP contribution in [0.5, 0.6) is 0 Å². The van der Waals surface area contributed by atoms with Crippen molar-refractivity contribution in [3.63, 3.8) is 0 Å². The van der Waals surface area contributed by atoms with Crippen molar-refractivity contribution in [1.82, 2.24) is 4.98 Å². The summed E-state index contributed by atoms with van der Waals surface area (Å²) in [6.45, 7) is 3.68. The molecule has 1 aromatic heterocycles. The van der Waals surface area contributed by atoms with Gasteiger partial charge in [-0.3, -0.25) is 14.6 Å². The molecule has 0 bridgehead atoms. The lowest BCUT2D eigenvalue weighted by atomic mass is 9.75. The molecule has 0 spiro atoms. The lowest BCUT2D eigenvalue weighted by molar-refractivity contribution is -0.145. The molecule has 13 heteroatoms. The van der Waals surface area contributed by atoms with Gasteiger partial charge in [-0.25, -0.2) is 4.39 Å². The number of carbonyl (C=O) groups is 2. The van der Waals surface area contributed by atoms with E-state index in [1.807, 2.05) is 0 Å². The summed E-state index contributed by atoms with van der Waals surface area (Å²) in [5.41, 5.74) is -3.98. The zero-order valence-electron chi connectivity index (χ0n) is 25.2. The van der Waals surface area contributed by atoms with Crippen LogP contribution in [0.3, 0.4) is 0 Å². The molecular formula is C33H33F7N2O4. The van der Waals surface area contributed by atoms with E-state index in [9.17, 15) is 45.4 Å². The first-order chi connectivity index (χ1) is 21.2. The molecule has 3 aromatic rings. The second kappa shape index (κ2) is 12.7. The maximum Gasteiger partial charge on any atom is 0.416 e. The molecule has 0 unspecified atom stereocenters. The van der Waals surface area contributed by atoms with Crippen molar-refractivity contribution in [3.05, 3.63) is 82.4 Å². The van der Waals surface area contributed by atoms with Gasteiger partial charge in [0.25, 0.3) is 0 Å². The molecule has 0 radical (unpaired) electrons. The highest BCUT2D eigenvalue weighted by atomic mass is 19.4. The van der Waals surface area contributed by atoms with Crippen molar-refractivity contribution in [2.24, 2.45) is 0 Å². The number of aromatic nitrogens is 1. The Morgan fingerprint density at radius 3 is 2.00 bits per heavy atom. The number of aryl methyl sites for hydroxylation is 1. The van der Waals surface area contributed by atoms with Gasteiger partial charge >= 0.3 is 18.3 Å². The van der Waals surface area contributed by atoms with Crippen LogP contribution in [0.15, 0.2) is 48.7 Å². The number of rotatable bonds is 9. The van der Waals surface area contributed by atoms with Crippen molar-refractivity contribution in [1.29, 1.82) is 0 Å². The molecule has 0 aliphatic heterocycles. The Hall–Kier alpha value is -4.00. The smallest absolute Gasteiger partial charge is 0.416 e. The molecule has 2 aromatic carbocycles. The van der Waals surface area contributed by atoms with Gasteiger partial charge < -0.3 is 15.5 Å². The SMILES string of the molecule is Cc1cc(F)ccc1-c1cc(C2CCC(O)(CC(=O)O)CC2)ncc1NCC(=O)C(C)(C)c1cc(C(F)(F)F)cc(C(F)(F)F)c1. The predicted octanol–water partition coefficient (Wildman–Crippen LogP) is 8.06. The van der Waals surface area contributed by atoms with E-state index < -0.39 is 64.2 Å². The molecule has 3 N–H and O–H groups in total. The fourth-order valence-electron chi connectivity index (χ4n) is 5.77. The van der Waals surface area contributed by atoms with Gasteiger partial charge in [0.1, 0.15) is 5.82 Å². The van der Waals surface area contributed by atoms with Crippen LogP contribution in [0.25, 0.3) is 11.1 Å². The maximum atomic E-state index is 14.0. The Morgan fingerprint density at radius 2 is 1.48 bits per heavy atom. The third-order valence-electron chi connectivity index (χ3n) is 8.66. The maximum absolute atomic E-state index is 14.0. The summed E-state index contributed by atoms with van der Waals surface area (Å²) in [7, 11) is 0. The van der Waals surface area contributed by atoms with E-state index in [0.717, 1.165) is 0 Å². The third kappa shape index (κ3) is 7.86. The highest BCUT2D eigenvalue weighted by molar-refractivity contribution is 5.93. The van der Waals surface area contributed by atoms with Gasteiger partial charge in [-0.15, -0.1) is 0 Å². The minimum atomic E-state index is -5.07. The van der Waals surface area contributed by atoms with Gasteiger partial charge in [0.05, 0.1) is 47.0 Å². The number of benzene rings is 2. The molecule has 0 atom stereocenters. The number of nitrogens with one attached hydrogen (secondary N) is 1. The molecule has 248 valence electrons. The lowest BCUT2D eigenvalue weighted by Crippen LogP contribution is -2.36. The molecule has 46 heavy (non-hydrogen) atoms. The number of carboxylic acid groups (broad SMARTS) is 1. The zero-order chi connectivity index (χ0) is 34.2. The molecule has 0 amide bonds. The predicted molar refractivity (Wildman–Crippen MR) is 156 cm³/mol. The third-order valence-corrected chi connectivity index (χ3v) is 8.66. The Balaban J connectivity index is 1.64. The van der Waals surface area contributed by atoms with Gasteiger partial charge in [-0.05, 0) is 99.5 Å². The van der Waals surface area contributed by atoms with Crippen LogP contribution >= 0.6 is 0 Å². The van der Waals surface area contributed by atoms with Crippen LogP contribution in [0.2, 0.25) is 0 Å². The average molecular weight is 655 g/mol. The van der Waals surface area contributed by atoms with Crippen LogP contribution in [0.1, 0.15) is 79.8 Å². The summed E-state index contributed by atoms with van der Waals surface area (Å²) in [6.07, 6.45) is -7.69. The minimum absolute atomic E-state index is 0.00579. The van der Waals surface area contributed by atoms with Crippen LogP contribution in [0.4, 0.5) is 36.4 Å². The first-order valence-electron chi connectivity index (χ1n) is 14.5. The molecular weight excluding hydrogens is 621 g/mol. The highest BCUT2D eigenvalue weighted by Gasteiger charge is 2.40. The first kappa shape index (κ1) is 34.9. The van der Waals surface area contributed by atoms with Gasteiger partial charge in [0.2, 0.25) is 0 Å². The van der Waals surface area contributed by atoms with Crippen LogP contribution in [-0.4, -0.2) is 39.1 Å². The number of Topliss-reactive ketones (excluding diaryl/α,β-unsaturated/α-hetero) is 1. The molecule has 1 fully saturated rings. The molecule has 1 heterocycles. The second-order valence-electron chi connectivity index (χ2n) is 12.4.